The summed E-state index contributed by atoms with van der Waals surface area (Å²) in [6, 6.07) is 0. The Balaban J connectivity index is 2.16. The SMILES string of the molecule is CC(C)=C[C@@H]1[C@@H](C(=O)OCc2c(C)c(F)c(C)c(F)c2F)C1(C)C. The summed E-state index contributed by atoms with van der Waals surface area (Å²) in [7, 11) is 0. The number of benzene rings is 1. The highest BCUT2D eigenvalue weighted by Crippen LogP contribution is 2.59. The highest BCUT2D eigenvalue weighted by atomic mass is 19.2. The van der Waals surface area contributed by atoms with Crippen molar-refractivity contribution in [1.82, 2.24) is 0 Å². The maximum atomic E-state index is 14.0. The molecule has 1 aromatic carbocycles. The molecule has 132 valence electrons. The van der Waals surface area contributed by atoms with Gasteiger partial charge in [-0.15, -0.1) is 0 Å². The Morgan fingerprint density at radius 3 is 2.21 bits per heavy atom. The van der Waals surface area contributed by atoms with Crippen LogP contribution in [0.3, 0.4) is 0 Å². The van der Waals surface area contributed by atoms with E-state index >= 15 is 0 Å². The molecule has 1 aromatic rings. The summed E-state index contributed by atoms with van der Waals surface area (Å²) in [6.07, 6.45) is 2.02. The van der Waals surface area contributed by atoms with E-state index in [1.54, 1.807) is 0 Å². The lowest BCUT2D eigenvalue weighted by Crippen LogP contribution is -2.13. The van der Waals surface area contributed by atoms with Crippen molar-refractivity contribution in [1.29, 1.82) is 0 Å². The van der Waals surface area contributed by atoms with Gasteiger partial charge in [-0.3, -0.25) is 4.79 Å². The van der Waals surface area contributed by atoms with Crippen LogP contribution in [0.25, 0.3) is 0 Å². The van der Waals surface area contributed by atoms with E-state index in [1.165, 1.54) is 13.8 Å². The van der Waals surface area contributed by atoms with E-state index in [9.17, 15) is 18.0 Å². The normalized spacial score (nSPS) is 21.4. The Morgan fingerprint density at radius 1 is 1.08 bits per heavy atom. The van der Waals surface area contributed by atoms with Crippen LogP contribution in [0.15, 0.2) is 11.6 Å². The highest BCUT2D eigenvalue weighted by Gasteiger charge is 2.61. The van der Waals surface area contributed by atoms with Crippen molar-refractivity contribution in [3.05, 3.63) is 45.8 Å². The molecule has 1 fully saturated rings. The van der Waals surface area contributed by atoms with Gasteiger partial charge in [0.1, 0.15) is 12.4 Å². The van der Waals surface area contributed by atoms with Gasteiger partial charge >= 0.3 is 5.97 Å². The molecular formula is C19H23F3O2. The Bertz CT molecular complexity index is 687. The zero-order valence-electron chi connectivity index (χ0n) is 14.9. The minimum absolute atomic E-state index is 0.0323. The number of halogens is 3. The summed E-state index contributed by atoms with van der Waals surface area (Å²) >= 11 is 0. The fourth-order valence-corrected chi connectivity index (χ4v) is 3.17. The van der Waals surface area contributed by atoms with Crippen LogP contribution in [-0.2, 0) is 16.1 Å². The average Bonchev–Trinajstić information content (AvgIpc) is 3.02. The summed E-state index contributed by atoms with van der Waals surface area (Å²) in [5.41, 5.74) is 0.224. The van der Waals surface area contributed by atoms with Crippen molar-refractivity contribution < 1.29 is 22.7 Å². The monoisotopic (exact) mass is 340 g/mol. The molecule has 1 saturated carbocycles. The standard InChI is InChI=1S/C19H23F3O2/c1-9(2)7-13-14(19(13,5)6)18(23)24-8-12-10(3)15(20)11(4)16(21)17(12)22/h7,13-14H,8H2,1-6H3/t13-,14+/m1/s1. The van der Waals surface area contributed by atoms with Crippen LogP contribution in [-0.4, -0.2) is 5.97 Å². The van der Waals surface area contributed by atoms with Crippen molar-refractivity contribution in [2.24, 2.45) is 17.3 Å². The zero-order chi connectivity index (χ0) is 18.4. The van der Waals surface area contributed by atoms with Crippen LogP contribution >= 0.6 is 0 Å². The first-order valence-electron chi connectivity index (χ1n) is 7.94. The minimum Gasteiger partial charge on any atom is -0.460 e. The smallest absolute Gasteiger partial charge is 0.310 e. The summed E-state index contributed by atoms with van der Waals surface area (Å²) in [6.45, 7) is 9.87. The van der Waals surface area contributed by atoms with Gasteiger partial charge in [0.2, 0.25) is 0 Å². The molecule has 0 N–H and O–H groups in total. The number of carbonyl (C=O) groups is 1. The van der Waals surface area contributed by atoms with Crippen LogP contribution < -0.4 is 0 Å². The lowest BCUT2D eigenvalue weighted by atomic mass is 10.0. The molecule has 0 amide bonds. The van der Waals surface area contributed by atoms with Crippen molar-refractivity contribution in [2.45, 2.75) is 48.1 Å². The highest BCUT2D eigenvalue weighted by molar-refractivity contribution is 5.78. The van der Waals surface area contributed by atoms with Crippen LogP contribution in [0.4, 0.5) is 13.2 Å². The molecule has 0 bridgehead atoms. The van der Waals surface area contributed by atoms with E-state index in [2.05, 4.69) is 0 Å². The van der Waals surface area contributed by atoms with Gasteiger partial charge in [0.25, 0.3) is 0 Å². The first kappa shape index (κ1) is 18.6. The molecule has 0 heterocycles. The van der Waals surface area contributed by atoms with Gasteiger partial charge < -0.3 is 4.74 Å². The quantitative estimate of drug-likeness (QED) is 0.438. The molecule has 0 aromatic heterocycles. The summed E-state index contributed by atoms with van der Waals surface area (Å²) in [4.78, 5) is 12.3. The van der Waals surface area contributed by atoms with Gasteiger partial charge in [-0.25, -0.2) is 13.2 Å². The maximum absolute atomic E-state index is 14.0. The third-order valence-electron chi connectivity index (χ3n) is 4.93. The van der Waals surface area contributed by atoms with Gasteiger partial charge in [0, 0.05) is 11.1 Å². The molecule has 1 aliphatic rings. The van der Waals surface area contributed by atoms with E-state index in [1.807, 2.05) is 33.8 Å². The molecule has 0 spiro atoms. The second-order valence-corrected chi connectivity index (χ2v) is 7.35. The topological polar surface area (TPSA) is 26.3 Å². The molecule has 2 atom stereocenters. The lowest BCUT2D eigenvalue weighted by molar-refractivity contribution is -0.147. The molecule has 2 rings (SSSR count). The Morgan fingerprint density at radius 2 is 1.67 bits per heavy atom. The fraction of sp³-hybridized carbons (Fsp3) is 0.526. The second-order valence-electron chi connectivity index (χ2n) is 7.35. The number of esters is 1. The largest absolute Gasteiger partial charge is 0.460 e. The van der Waals surface area contributed by atoms with Crippen molar-refractivity contribution in [3.8, 4) is 0 Å². The number of hydrogen-bond acceptors (Lipinski definition) is 2. The van der Waals surface area contributed by atoms with Gasteiger partial charge in [0.05, 0.1) is 5.92 Å². The number of carbonyl (C=O) groups excluding carboxylic acids is 1. The van der Waals surface area contributed by atoms with Crippen LogP contribution in [0.1, 0.15) is 44.4 Å². The molecule has 2 nitrogen and oxygen atoms in total. The van der Waals surface area contributed by atoms with E-state index in [-0.39, 0.29) is 33.9 Å². The maximum Gasteiger partial charge on any atom is 0.310 e. The number of ether oxygens (including phenoxy) is 1. The fourth-order valence-electron chi connectivity index (χ4n) is 3.17. The molecule has 24 heavy (non-hydrogen) atoms. The zero-order valence-corrected chi connectivity index (χ0v) is 14.9. The Kier molecular flexibility index (Phi) is 4.84. The van der Waals surface area contributed by atoms with E-state index in [0.717, 1.165) is 5.57 Å². The molecule has 0 saturated heterocycles. The van der Waals surface area contributed by atoms with E-state index in [4.69, 9.17) is 4.74 Å². The summed E-state index contributed by atoms with van der Waals surface area (Å²) in [5.74, 6) is -3.94. The molecule has 0 radical (unpaired) electrons. The Labute approximate surface area is 140 Å². The average molecular weight is 340 g/mol. The van der Waals surface area contributed by atoms with Crippen molar-refractivity contribution >= 4 is 5.97 Å². The number of allylic oxidation sites excluding steroid dienone is 2. The third-order valence-corrected chi connectivity index (χ3v) is 4.93. The van der Waals surface area contributed by atoms with Crippen LogP contribution in [0.2, 0.25) is 0 Å². The predicted octanol–water partition coefficient (Wildman–Crippen LogP) is 5.00. The second kappa shape index (κ2) is 6.26. The predicted molar refractivity (Wildman–Crippen MR) is 85.8 cm³/mol. The Hall–Kier alpha value is -1.78. The number of rotatable bonds is 4. The molecule has 0 unspecified atom stereocenters. The van der Waals surface area contributed by atoms with Gasteiger partial charge in [0.15, 0.2) is 11.6 Å². The van der Waals surface area contributed by atoms with Crippen molar-refractivity contribution in [2.75, 3.05) is 0 Å². The van der Waals surface area contributed by atoms with Gasteiger partial charge in [-0.2, -0.15) is 0 Å². The van der Waals surface area contributed by atoms with Gasteiger partial charge in [-0.05, 0) is 44.6 Å². The third kappa shape index (κ3) is 3.08. The first-order chi connectivity index (χ1) is 11.0. The molecular weight excluding hydrogens is 317 g/mol. The van der Waals surface area contributed by atoms with Crippen LogP contribution in [0.5, 0.6) is 0 Å². The van der Waals surface area contributed by atoms with Crippen molar-refractivity contribution in [3.63, 3.8) is 0 Å². The first-order valence-corrected chi connectivity index (χ1v) is 7.94. The summed E-state index contributed by atoms with van der Waals surface area (Å²) < 4.78 is 46.8. The van der Waals surface area contributed by atoms with E-state index < -0.39 is 30.0 Å². The molecule has 1 aliphatic carbocycles. The number of hydrogen-bond donors (Lipinski definition) is 0. The molecule has 5 heteroatoms. The minimum atomic E-state index is -1.24. The van der Waals surface area contributed by atoms with Crippen LogP contribution in [0, 0.1) is 48.5 Å². The lowest BCUT2D eigenvalue weighted by Gasteiger charge is -2.13. The molecule has 0 aliphatic heterocycles. The van der Waals surface area contributed by atoms with E-state index in [0.29, 0.717) is 0 Å². The van der Waals surface area contributed by atoms with Gasteiger partial charge in [-0.1, -0.05) is 25.5 Å². The summed E-state index contributed by atoms with van der Waals surface area (Å²) in [5, 5.41) is 0.